The van der Waals surface area contributed by atoms with E-state index in [9.17, 15) is 4.79 Å². The summed E-state index contributed by atoms with van der Waals surface area (Å²) >= 11 is 0. The minimum atomic E-state index is -0.945. The van der Waals surface area contributed by atoms with Crippen LogP contribution in [-0.4, -0.2) is 41.1 Å². The van der Waals surface area contributed by atoms with Crippen LogP contribution in [0.1, 0.15) is 38.1 Å². The van der Waals surface area contributed by atoms with Crippen molar-refractivity contribution in [2.24, 2.45) is 0 Å². The number of anilines is 2. The van der Waals surface area contributed by atoms with Crippen molar-refractivity contribution < 1.29 is 9.90 Å². The topological polar surface area (TPSA) is 78.6 Å². The molecule has 0 fully saturated rings. The van der Waals surface area contributed by atoms with Gasteiger partial charge >= 0.3 is 5.97 Å². The number of nitrogens with two attached hydrogens (primary N) is 1. The zero-order chi connectivity index (χ0) is 15.3. The minimum Gasteiger partial charge on any atom is -0.478 e. The lowest BCUT2D eigenvalue weighted by Gasteiger charge is -2.30. The van der Waals surface area contributed by atoms with Crippen LogP contribution < -0.4 is 11.1 Å². The Morgan fingerprint density at radius 2 is 1.90 bits per heavy atom. The van der Waals surface area contributed by atoms with E-state index in [4.69, 9.17) is 10.8 Å². The van der Waals surface area contributed by atoms with Gasteiger partial charge in [0.25, 0.3) is 0 Å². The minimum absolute atomic E-state index is 0.242. The maximum absolute atomic E-state index is 10.9. The second-order valence-corrected chi connectivity index (χ2v) is 5.46. The second-order valence-electron chi connectivity index (χ2n) is 5.46. The van der Waals surface area contributed by atoms with E-state index in [2.05, 4.69) is 37.9 Å². The van der Waals surface area contributed by atoms with Gasteiger partial charge in [0.2, 0.25) is 0 Å². The first-order chi connectivity index (χ1) is 9.32. The number of nitrogens with one attached hydrogen (secondary N) is 1. The number of carboxylic acid groups (broad SMARTS) is 1. The molecule has 112 valence electrons. The molecule has 0 atom stereocenters. The quantitative estimate of drug-likeness (QED) is 0.668. The average Bonchev–Trinajstić information content (AvgIpc) is 2.35. The van der Waals surface area contributed by atoms with Gasteiger partial charge in [-0.2, -0.15) is 0 Å². The van der Waals surface area contributed by atoms with Gasteiger partial charge in [0.15, 0.2) is 0 Å². The zero-order valence-electron chi connectivity index (χ0n) is 12.7. The van der Waals surface area contributed by atoms with E-state index in [0.29, 0.717) is 23.5 Å². The monoisotopic (exact) mass is 279 g/mol. The molecule has 20 heavy (non-hydrogen) atoms. The van der Waals surface area contributed by atoms with E-state index >= 15 is 0 Å². The molecule has 5 heteroatoms. The number of carboxylic acids is 1. The Labute approximate surface area is 120 Å². The van der Waals surface area contributed by atoms with Crippen LogP contribution in [0.3, 0.4) is 0 Å². The van der Waals surface area contributed by atoms with E-state index in [1.54, 1.807) is 12.1 Å². The van der Waals surface area contributed by atoms with E-state index in [1.807, 2.05) is 0 Å². The van der Waals surface area contributed by atoms with Gasteiger partial charge in [-0.25, -0.2) is 4.79 Å². The zero-order valence-corrected chi connectivity index (χ0v) is 12.7. The summed E-state index contributed by atoms with van der Waals surface area (Å²) in [4.78, 5) is 13.3. The number of nitrogen functional groups attached to an aromatic ring is 1. The van der Waals surface area contributed by atoms with Gasteiger partial charge in [-0.3, -0.25) is 4.90 Å². The molecule has 0 heterocycles. The van der Waals surface area contributed by atoms with Crippen LogP contribution in [0, 0.1) is 0 Å². The highest BCUT2D eigenvalue weighted by atomic mass is 16.4. The summed E-state index contributed by atoms with van der Waals surface area (Å²) < 4.78 is 0. The summed E-state index contributed by atoms with van der Waals surface area (Å²) in [6.07, 6.45) is 0. The van der Waals surface area contributed by atoms with Gasteiger partial charge in [0.1, 0.15) is 0 Å². The van der Waals surface area contributed by atoms with Gasteiger partial charge in [-0.15, -0.1) is 0 Å². The third-order valence-electron chi connectivity index (χ3n) is 3.31. The van der Waals surface area contributed by atoms with E-state index in [0.717, 1.165) is 13.1 Å². The molecule has 5 nitrogen and oxygen atoms in total. The van der Waals surface area contributed by atoms with Gasteiger partial charge in [0, 0.05) is 25.2 Å². The highest BCUT2D eigenvalue weighted by Crippen LogP contribution is 2.20. The molecule has 4 N–H and O–H groups in total. The van der Waals surface area contributed by atoms with E-state index < -0.39 is 5.97 Å². The molecular formula is C15H25N3O2. The van der Waals surface area contributed by atoms with Crippen molar-refractivity contribution in [1.29, 1.82) is 0 Å². The summed E-state index contributed by atoms with van der Waals surface area (Å²) in [5.74, 6) is -0.945. The molecule has 1 aromatic rings. The van der Waals surface area contributed by atoms with Gasteiger partial charge in [0.05, 0.1) is 16.9 Å². The summed E-state index contributed by atoms with van der Waals surface area (Å²) in [5, 5.41) is 12.2. The number of hydrogen-bond donors (Lipinski definition) is 3. The smallest absolute Gasteiger partial charge is 0.335 e. The Morgan fingerprint density at radius 3 is 2.40 bits per heavy atom. The summed E-state index contributed by atoms with van der Waals surface area (Å²) in [7, 11) is 0. The van der Waals surface area contributed by atoms with Crippen LogP contribution in [0.25, 0.3) is 0 Å². The standard InChI is InChI=1S/C15H25N3O2/c1-10(2)18(11(3)4)8-7-17-14-9-12(15(19)20)5-6-13(14)16/h5-6,9-11,17H,7-8,16H2,1-4H3,(H,19,20). The Bertz CT molecular complexity index is 450. The van der Waals surface area contributed by atoms with Crippen LogP contribution in [-0.2, 0) is 0 Å². The molecule has 0 unspecified atom stereocenters. The molecule has 0 aromatic heterocycles. The van der Waals surface area contributed by atoms with Crippen molar-refractivity contribution >= 4 is 17.3 Å². The van der Waals surface area contributed by atoms with Crippen LogP contribution in [0.15, 0.2) is 18.2 Å². The lowest BCUT2D eigenvalue weighted by molar-refractivity contribution is 0.0697. The predicted octanol–water partition coefficient (Wildman–Crippen LogP) is 2.50. The first-order valence-electron chi connectivity index (χ1n) is 6.95. The van der Waals surface area contributed by atoms with E-state index in [-0.39, 0.29) is 5.56 Å². The molecule has 0 spiro atoms. The van der Waals surface area contributed by atoms with Crippen LogP contribution in [0.2, 0.25) is 0 Å². The fraction of sp³-hybridized carbons (Fsp3) is 0.533. The Kier molecular flexibility index (Phi) is 5.82. The van der Waals surface area contributed by atoms with Crippen molar-refractivity contribution in [3.05, 3.63) is 23.8 Å². The molecule has 0 amide bonds. The molecular weight excluding hydrogens is 254 g/mol. The molecule has 1 aromatic carbocycles. The Balaban J connectivity index is 2.65. The highest BCUT2D eigenvalue weighted by molar-refractivity contribution is 5.90. The second kappa shape index (κ2) is 7.14. The maximum atomic E-state index is 10.9. The Hall–Kier alpha value is -1.75. The number of rotatable bonds is 7. The fourth-order valence-electron chi connectivity index (χ4n) is 2.27. The number of carbonyl (C=O) groups is 1. The highest BCUT2D eigenvalue weighted by Gasteiger charge is 2.13. The Morgan fingerprint density at radius 1 is 1.30 bits per heavy atom. The van der Waals surface area contributed by atoms with Crippen molar-refractivity contribution in [2.75, 3.05) is 24.1 Å². The molecule has 0 saturated heterocycles. The normalized spacial score (nSPS) is 11.3. The fourth-order valence-corrected chi connectivity index (χ4v) is 2.27. The number of benzene rings is 1. The van der Waals surface area contributed by atoms with Crippen molar-refractivity contribution in [1.82, 2.24) is 4.90 Å². The van der Waals surface area contributed by atoms with Crippen molar-refractivity contribution in [2.45, 2.75) is 39.8 Å². The maximum Gasteiger partial charge on any atom is 0.335 e. The van der Waals surface area contributed by atoms with Crippen LogP contribution in [0.5, 0.6) is 0 Å². The lowest BCUT2D eigenvalue weighted by atomic mass is 10.1. The van der Waals surface area contributed by atoms with Crippen molar-refractivity contribution in [3.8, 4) is 0 Å². The summed E-state index contributed by atoms with van der Waals surface area (Å²) in [6.45, 7) is 10.3. The lowest BCUT2D eigenvalue weighted by Crippen LogP contribution is -2.40. The largest absolute Gasteiger partial charge is 0.478 e. The third kappa shape index (κ3) is 4.42. The van der Waals surface area contributed by atoms with E-state index in [1.165, 1.54) is 6.07 Å². The first kappa shape index (κ1) is 16.3. The molecule has 1 rings (SSSR count). The van der Waals surface area contributed by atoms with Crippen molar-refractivity contribution in [3.63, 3.8) is 0 Å². The molecule has 0 bridgehead atoms. The summed E-state index contributed by atoms with van der Waals surface area (Å²) in [5.41, 5.74) is 7.34. The SMILES string of the molecule is CC(C)N(CCNc1cc(C(=O)O)ccc1N)C(C)C. The first-order valence-corrected chi connectivity index (χ1v) is 6.95. The number of hydrogen-bond acceptors (Lipinski definition) is 4. The van der Waals surface area contributed by atoms with Crippen LogP contribution in [0.4, 0.5) is 11.4 Å². The molecule has 0 aliphatic carbocycles. The van der Waals surface area contributed by atoms with Gasteiger partial charge < -0.3 is 16.2 Å². The third-order valence-corrected chi connectivity index (χ3v) is 3.31. The number of nitrogens with zero attached hydrogens (tertiary/aromatic N) is 1. The van der Waals surface area contributed by atoms with Crippen LogP contribution >= 0.6 is 0 Å². The van der Waals surface area contributed by atoms with Gasteiger partial charge in [-0.1, -0.05) is 0 Å². The molecule has 0 aliphatic rings. The average molecular weight is 279 g/mol. The summed E-state index contributed by atoms with van der Waals surface area (Å²) in [6, 6.07) is 5.65. The number of aromatic carboxylic acids is 1. The molecule has 0 radical (unpaired) electrons. The van der Waals surface area contributed by atoms with Gasteiger partial charge in [-0.05, 0) is 45.9 Å². The predicted molar refractivity (Wildman–Crippen MR) is 83.3 cm³/mol. The molecule has 0 saturated carbocycles. The molecule has 0 aliphatic heterocycles.